The second kappa shape index (κ2) is 6.05. The quantitative estimate of drug-likeness (QED) is 0.657. The Balaban J connectivity index is 2.18. The zero-order chi connectivity index (χ0) is 14.7. The maximum Gasteiger partial charge on any atom is 0.271 e. The van der Waals surface area contributed by atoms with Gasteiger partial charge in [0.25, 0.3) is 5.69 Å². The maximum atomic E-state index is 10.8. The van der Waals surface area contributed by atoms with E-state index in [4.69, 9.17) is 0 Å². The highest BCUT2D eigenvalue weighted by Gasteiger charge is 2.09. The van der Waals surface area contributed by atoms with Gasteiger partial charge < -0.3 is 5.32 Å². The number of rotatable bonds is 4. The average molecular weight is 335 g/mol. The molecule has 0 radical (unpaired) electrons. The Bertz CT molecular complexity index is 636. The molecule has 0 aromatic heterocycles. The number of non-ortho nitro benzene ring substituents is 1. The molecule has 1 N–H and O–H groups in total. The summed E-state index contributed by atoms with van der Waals surface area (Å²) in [6, 6.07) is 11.0. The van der Waals surface area contributed by atoms with Crippen molar-refractivity contribution >= 4 is 27.3 Å². The van der Waals surface area contributed by atoms with Crippen molar-refractivity contribution in [3.8, 4) is 0 Å². The van der Waals surface area contributed by atoms with Crippen LogP contribution in [0.3, 0.4) is 0 Å². The fourth-order valence-corrected chi connectivity index (χ4v) is 2.52. The molecule has 4 nitrogen and oxygen atoms in total. The lowest BCUT2D eigenvalue weighted by atomic mass is 10.1. The van der Waals surface area contributed by atoms with Gasteiger partial charge in [0.1, 0.15) is 0 Å². The lowest BCUT2D eigenvalue weighted by Gasteiger charge is -2.10. The van der Waals surface area contributed by atoms with Crippen LogP contribution in [0.1, 0.15) is 16.7 Å². The van der Waals surface area contributed by atoms with Crippen molar-refractivity contribution in [1.29, 1.82) is 0 Å². The Labute approximate surface area is 126 Å². The normalized spacial score (nSPS) is 10.3. The van der Waals surface area contributed by atoms with Crippen molar-refractivity contribution in [2.24, 2.45) is 0 Å². The Morgan fingerprint density at radius 2 is 1.80 bits per heavy atom. The second-order valence-corrected chi connectivity index (χ2v) is 5.63. The van der Waals surface area contributed by atoms with Crippen LogP contribution in [0.4, 0.5) is 11.4 Å². The third kappa shape index (κ3) is 3.57. The van der Waals surface area contributed by atoms with Gasteiger partial charge in [0.15, 0.2) is 0 Å². The Morgan fingerprint density at radius 3 is 2.40 bits per heavy atom. The van der Waals surface area contributed by atoms with Crippen molar-refractivity contribution < 1.29 is 4.92 Å². The standard InChI is InChI=1S/C15H15BrN2O2/c1-10-5-11(2)7-12(6-10)9-17-15-8-13(18(19)20)3-4-14(15)16/h3-8,17H,9H2,1-2H3. The van der Waals surface area contributed by atoms with Gasteiger partial charge in [-0.2, -0.15) is 0 Å². The minimum absolute atomic E-state index is 0.0797. The first kappa shape index (κ1) is 14.5. The predicted molar refractivity (Wildman–Crippen MR) is 84.0 cm³/mol. The molecule has 0 fully saturated rings. The highest BCUT2D eigenvalue weighted by atomic mass is 79.9. The van der Waals surface area contributed by atoms with E-state index in [1.807, 2.05) is 0 Å². The number of hydrogen-bond donors (Lipinski definition) is 1. The molecule has 2 aromatic rings. The van der Waals surface area contributed by atoms with Gasteiger partial charge in [-0.15, -0.1) is 0 Å². The van der Waals surface area contributed by atoms with E-state index in [1.54, 1.807) is 6.07 Å². The van der Waals surface area contributed by atoms with Gasteiger partial charge in [0.2, 0.25) is 0 Å². The van der Waals surface area contributed by atoms with E-state index in [0.717, 1.165) is 15.7 Å². The summed E-state index contributed by atoms with van der Waals surface area (Å²) in [5, 5.41) is 14.0. The third-order valence-corrected chi connectivity index (χ3v) is 3.62. The molecule has 2 rings (SSSR count). The summed E-state index contributed by atoms with van der Waals surface area (Å²) in [4.78, 5) is 10.4. The highest BCUT2D eigenvalue weighted by molar-refractivity contribution is 9.10. The number of halogens is 1. The van der Waals surface area contributed by atoms with Crippen LogP contribution in [0.5, 0.6) is 0 Å². The molecule has 0 unspecified atom stereocenters. The van der Waals surface area contributed by atoms with E-state index in [2.05, 4.69) is 53.3 Å². The molecule has 0 amide bonds. The van der Waals surface area contributed by atoms with Crippen molar-refractivity contribution in [3.63, 3.8) is 0 Å². The minimum Gasteiger partial charge on any atom is -0.380 e. The SMILES string of the molecule is Cc1cc(C)cc(CNc2cc([N+](=O)[O-])ccc2Br)c1. The lowest BCUT2D eigenvalue weighted by Crippen LogP contribution is -2.01. The Morgan fingerprint density at radius 1 is 1.15 bits per heavy atom. The van der Waals surface area contributed by atoms with Gasteiger partial charge in [-0.05, 0) is 41.4 Å². The minimum atomic E-state index is -0.394. The molecule has 2 aromatic carbocycles. The summed E-state index contributed by atoms with van der Waals surface area (Å²) in [5.41, 5.74) is 4.37. The summed E-state index contributed by atoms with van der Waals surface area (Å²) in [5.74, 6) is 0. The second-order valence-electron chi connectivity index (χ2n) is 4.77. The molecule has 0 aliphatic rings. The molecule has 0 saturated carbocycles. The molecule has 0 saturated heterocycles. The molecule has 104 valence electrons. The lowest BCUT2D eigenvalue weighted by molar-refractivity contribution is -0.384. The highest BCUT2D eigenvalue weighted by Crippen LogP contribution is 2.27. The molecule has 5 heteroatoms. The average Bonchev–Trinajstić information content (AvgIpc) is 2.36. The van der Waals surface area contributed by atoms with E-state index in [1.165, 1.54) is 23.3 Å². The van der Waals surface area contributed by atoms with Crippen LogP contribution in [0.2, 0.25) is 0 Å². The number of nitrogens with one attached hydrogen (secondary N) is 1. The zero-order valence-corrected chi connectivity index (χ0v) is 12.9. The van der Waals surface area contributed by atoms with Crippen LogP contribution in [-0.2, 0) is 6.54 Å². The number of hydrogen-bond acceptors (Lipinski definition) is 3. The first-order valence-electron chi connectivity index (χ1n) is 6.20. The summed E-state index contributed by atoms with van der Waals surface area (Å²) in [6.45, 7) is 4.74. The molecule has 0 heterocycles. The topological polar surface area (TPSA) is 55.2 Å². The van der Waals surface area contributed by atoms with Gasteiger partial charge in [0.05, 0.1) is 10.6 Å². The molecule has 0 bridgehead atoms. The van der Waals surface area contributed by atoms with E-state index in [-0.39, 0.29) is 5.69 Å². The molecular formula is C15H15BrN2O2. The van der Waals surface area contributed by atoms with Crippen LogP contribution in [-0.4, -0.2) is 4.92 Å². The van der Waals surface area contributed by atoms with E-state index < -0.39 is 4.92 Å². The molecule has 0 aliphatic carbocycles. The number of benzene rings is 2. The van der Waals surface area contributed by atoms with Crippen molar-refractivity contribution in [3.05, 3.63) is 67.7 Å². The monoisotopic (exact) mass is 334 g/mol. The zero-order valence-electron chi connectivity index (χ0n) is 11.3. The van der Waals surface area contributed by atoms with Gasteiger partial charge in [0, 0.05) is 23.2 Å². The molecular weight excluding hydrogens is 320 g/mol. The first-order chi connectivity index (χ1) is 9.45. The number of nitro groups is 1. The van der Waals surface area contributed by atoms with Crippen LogP contribution in [0.25, 0.3) is 0 Å². The smallest absolute Gasteiger partial charge is 0.271 e. The van der Waals surface area contributed by atoms with Gasteiger partial charge in [-0.3, -0.25) is 10.1 Å². The summed E-state index contributed by atoms with van der Waals surface area (Å²) in [7, 11) is 0. The van der Waals surface area contributed by atoms with Crippen LogP contribution in [0.15, 0.2) is 40.9 Å². The molecule has 0 spiro atoms. The Kier molecular flexibility index (Phi) is 4.39. The molecule has 0 aliphatic heterocycles. The van der Waals surface area contributed by atoms with Crippen LogP contribution >= 0.6 is 15.9 Å². The number of nitrogens with zero attached hydrogens (tertiary/aromatic N) is 1. The fraction of sp³-hybridized carbons (Fsp3) is 0.200. The van der Waals surface area contributed by atoms with Crippen molar-refractivity contribution in [2.75, 3.05) is 5.32 Å². The number of anilines is 1. The number of aryl methyl sites for hydroxylation is 2. The molecule has 20 heavy (non-hydrogen) atoms. The van der Waals surface area contributed by atoms with Gasteiger partial charge >= 0.3 is 0 Å². The van der Waals surface area contributed by atoms with Gasteiger partial charge in [-0.1, -0.05) is 29.3 Å². The summed E-state index contributed by atoms with van der Waals surface area (Å²) >= 11 is 3.40. The number of nitro benzene ring substituents is 1. The fourth-order valence-electron chi connectivity index (χ4n) is 2.13. The van der Waals surface area contributed by atoms with E-state index >= 15 is 0 Å². The van der Waals surface area contributed by atoms with Crippen molar-refractivity contribution in [1.82, 2.24) is 0 Å². The largest absolute Gasteiger partial charge is 0.380 e. The van der Waals surface area contributed by atoms with Crippen LogP contribution in [0, 0.1) is 24.0 Å². The molecule has 0 atom stereocenters. The Hall–Kier alpha value is -1.88. The summed E-state index contributed by atoms with van der Waals surface area (Å²) < 4.78 is 0.812. The van der Waals surface area contributed by atoms with Gasteiger partial charge in [-0.25, -0.2) is 0 Å². The van der Waals surface area contributed by atoms with E-state index in [9.17, 15) is 10.1 Å². The summed E-state index contributed by atoms with van der Waals surface area (Å²) in [6.07, 6.45) is 0. The first-order valence-corrected chi connectivity index (χ1v) is 7.00. The van der Waals surface area contributed by atoms with Crippen molar-refractivity contribution in [2.45, 2.75) is 20.4 Å². The maximum absolute atomic E-state index is 10.8. The third-order valence-electron chi connectivity index (χ3n) is 2.93. The predicted octanol–water partition coefficient (Wildman–Crippen LogP) is 4.59. The van der Waals surface area contributed by atoms with Crippen LogP contribution < -0.4 is 5.32 Å². The van der Waals surface area contributed by atoms with E-state index in [0.29, 0.717) is 6.54 Å².